The summed E-state index contributed by atoms with van der Waals surface area (Å²) >= 11 is 0. The average molecular weight is 529 g/mol. The van der Waals surface area contributed by atoms with Crippen LogP contribution in [0.15, 0.2) is 54.7 Å². The molecule has 4 heterocycles. The van der Waals surface area contributed by atoms with Crippen molar-refractivity contribution in [2.24, 2.45) is 13.0 Å². The van der Waals surface area contributed by atoms with Gasteiger partial charge < -0.3 is 19.1 Å². The molecule has 6 rings (SSSR count). The van der Waals surface area contributed by atoms with Crippen LogP contribution in [0.2, 0.25) is 0 Å². The number of aromatic nitrogens is 5. The molecule has 0 saturated carbocycles. The molecule has 1 atom stereocenters. The van der Waals surface area contributed by atoms with Crippen LogP contribution in [-0.4, -0.2) is 50.0 Å². The van der Waals surface area contributed by atoms with E-state index < -0.39 is 12.5 Å². The van der Waals surface area contributed by atoms with Crippen molar-refractivity contribution in [1.29, 1.82) is 0 Å². The molecular weight excluding hydrogens is 490 g/mol. The van der Waals surface area contributed by atoms with Crippen LogP contribution in [0.4, 0.5) is 0 Å². The first-order chi connectivity index (χ1) is 20.0. The van der Waals surface area contributed by atoms with Gasteiger partial charge in [0.25, 0.3) is 0 Å². The van der Waals surface area contributed by atoms with Gasteiger partial charge in [-0.25, -0.2) is 4.68 Å². The van der Waals surface area contributed by atoms with Gasteiger partial charge in [-0.05, 0) is 68.8 Å². The zero-order chi connectivity index (χ0) is 29.8. The Labute approximate surface area is 232 Å². The lowest BCUT2D eigenvalue weighted by Gasteiger charge is -2.33. The van der Waals surface area contributed by atoms with E-state index in [2.05, 4.69) is 27.0 Å². The Morgan fingerprint density at radius 2 is 1.90 bits per heavy atom. The molecule has 1 fully saturated rings. The molecular formula is C31H35N5O3. The second-order valence-corrected chi connectivity index (χ2v) is 10.8. The van der Waals surface area contributed by atoms with E-state index in [-0.39, 0.29) is 17.7 Å². The Bertz CT molecular complexity index is 1750. The topological polar surface area (TPSA) is 87.2 Å². The van der Waals surface area contributed by atoms with Gasteiger partial charge in [0.05, 0.1) is 52.1 Å². The summed E-state index contributed by atoms with van der Waals surface area (Å²) in [6.45, 7) is 2.43. The van der Waals surface area contributed by atoms with Gasteiger partial charge in [0.1, 0.15) is 5.75 Å². The summed E-state index contributed by atoms with van der Waals surface area (Å²) in [4.78, 5) is 4.93. The normalized spacial score (nSPS) is 17.2. The summed E-state index contributed by atoms with van der Waals surface area (Å²) in [7, 11) is 3.31. The number of nitrogens with zero attached hydrogens (tertiary/aromatic N) is 5. The first-order valence-corrected chi connectivity index (χ1v) is 13.3. The number of hydrogen-bond donors (Lipinski definition) is 1. The third-order valence-electron chi connectivity index (χ3n) is 7.86. The molecule has 3 aromatic heterocycles. The van der Waals surface area contributed by atoms with Gasteiger partial charge in [-0.2, -0.15) is 0 Å². The Balaban J connectivity index is 1.74. The van der Waals surface area contributed by atoms with E-state index in [4.69, 9.17) is 18.6 Å². The smallest absolute Gasteiger partial charge is 0.130 e. The molecule has 8 heteroatoms. The summed E-state index contributed by atoms with van der Waals surface area (Å²) in [5.74, 6) is 0.870. The molecule has 39 heavy (non-hydrogen) atoms. The SMILES string of the molecule is [2H]C([2H])([2H])c1nnn(C)c1-c1cnc2c3c(OC)cc(C(C)(C)O)cc3n([C@H](c3ccccc3)C3CCOCC3)c2c1. The van der Waals surface area contributed by atoms with Crippen molar-refractivity contribution < 1.29 is 18.7 Å². The Morgan fingerprint density at radius 3 is 2.59 bits per heavy atom. The third kappa shape index (κ3) is 4.37. The number of benzene rings is 2. The van der Waals surface area contributed by atoms with Crippen LogP contribution in [0.25, 0.3) is 33.2 Å². The number of rotatable bonds is 6. The Hall–Kier alpha value is -3.75. The number of pyridine rings is 1. The summed E-state index contributed by atoms with van der Waals surface area (Å²) in [5.41, 5.74) is 4.11. The fourth-order valence-electron chi connectivity index (χ4n) is 5.93. The van der Waals surface area contributed by atoms with Crippen LogP contribution in [0.5, 0.6) is 5.75 Å². The zero-order valence-corrected chi connectivity index (χ0v) is 22.7. The highest BCUT2D eigenvalue weighted by molar-refractivity contribution is 6.10. The van der Waals surface area contributed by atoms with Gasteiger partial charge in [-0.1, -0.05) is 35.5 Å². The van der Waals surface area contributed by atoms with Gasteiger partial charge in [0, 0.05) is 36.1 Å². The van der Waals surface area contributed by atoms with E-state index in [1.54, 1.807) is 34.2 Å². The van der Waals surface area contributed by atoms with E-state index in [0.29, 0.717) is 30.2 Å². The van der Waals surface area contributed by atoms with Crippen LogP contribution in [0.1, 0.15) is 53.7 Å². The van der Waals surface area contributed by atoms with Crippen molar-refractivity contribution in [3.8, 4) is 17.0 Å². The molecule has 5 aromatic rings. The maximum absolute atomic E-state index is 11.1. The minimum Gasteiger partial charge on any atom is -0.496 e. The van der Waals surface area contributed by atoms with Crippen molar-refractivity contribution in [1.82, 2.24) is 24.5 Å². The maximum Gasteiger partial charge on any atom is 0.130 e. The highest BCUT2D eigenvalue weighted by Gasteiger charge is 2.32. The van der Waals surface area contributed by atoms with Gasteiger partial charge in [-0.15, -0.1) is 5.10 Å². The molecule has 1 N–H and O–H groups in total. The monoisotopic (exact) mass is 528 g/mol. The van der Waals surface area contributed by atoms with Gasteiger partial charge in [0.15, 0.2) is 0 Å². The van der Waals surface area contributed by atoms with E-state index in [0.717, 1.165) is 45.9 Å². The molecule has 8 nitrogen and oxygen atoms in total. The number of ether oxygens (including phenoxy) is 2. The van der Waals surface area contributed by atoms with Crippen LogP contribution in [-0.2, 0) is 17.4 Å². The van der Waals surface area contributed by atoms with E-state index in [9.17, 15) is 5.11 Å². The predicted octanol–water partition coefficient (Wildman–Crippen LogP) is 5.55. The minimum atomic E-state index is -2.44. The van der Waals surface area contributed by atoms with E-state index >= 15 is 0 Å². The first-order valence-electron chi connectivity index (χ1n) is 14.8. The quantitative estimate of drug-likeness (QED) is 0.311. The van der Waals surface area contributed by atoms with Crippen molar-refractivity contribution in [3.05, 3.63) is 71.5 Å². The molecule has 0 spiro atoms. The summed E-state index contributed by atoms with van der Waals surface area (Å²) in [6.07, 6.45) is 3.44. The molecule has 1 aliphatic heterocycles. The van der Waals surface area contributed by atoms with Gasteiger partial charge >= 0.3 is 0 Å². The third-order valence-corrected chi connectivity index (χ3v) is 7.86. The number of fused-ring (bicyclic) bond motifs is 3. The molecule has 1 saturated heterocycles. The number of hydrogen-bond acceptors (Lipinski definition) is 6. The zero-order valence-electron chi connectivity index (χ0n) is 25.7. The molecule has 0 amide bonds. The Morgan fingerprint density at radius 1 is 1.13 bits per heavy atom. The Kier molecular flexibility index (Phi) is 5.54. The van der Waals surface area contributed by atoms with Crippen LogP contribution < -0.4 is 4.74 Å². The molecule has 0 bridgehead atoms. The van der Waals surface area contributed by atoms with Crippen molar-refractivity contribution >= 4 is 21.9 Å². The second kappa shape index (κ2) is 9.77. The van der Waals surface area contributed by atoms with E-state index in [1.807, 2.05) is 36.4 Å². The van der Waals surface area contributed by atoms with Crippen molar-refractivity contribution in [3.63, 3.8) is 0 Å². The van der Waals surface area contributed by atoms with Crippen LogP contribution >= 0.6 is 0 Å². The van der Waals surface area contributed by atoms with Crippen LogP contribution in [0.3, 0.4) is 0 Å². The molecule has 0 aliphatic carbocycles. The summed E-state index contributed by atoms with van der Waals surface area (Å²) in [5, 5.41) is 19.9. The molecule has 1 aliphatic rings. The lowest BCUT2D eigenvalue weighted by Crippen LogP contribution is -2.27. The minimum absolute atomic E-state index is 0.0697. The highest BCUT2D eigenvalue weighted by atomic mass is 16.5. The number of aryl methyl sites for hydroxylation is 2. The fraction of sp³-hybridized carbons (Fsp3) is 0.387. The molecule has 0 radical (unpaired) electrons. The lowest BCUT2D eigenvalue weighted by molar-refractivity contribution is 0.0552. The standard InChI is InChI=1S/C31H35N5O3/c1-19-29(35(4)34-33-19)22-15-25-28(32-18-22)27-24(16-23(31(2,3)37)17-26(27)38-5)36(25)30(20-9-7-6-8-10-20)21-11-13-39-14-12-21/h6-10,15-18,21,30,37H,11-14H2,1-5H3/t30-/m1/s1/i1D3. The van der Waals surface area contributed by atoms with Crippen LogP contribution in [0, 0.1) is 12.8 Å². The maximum atomic E-state index is 11.1. The van der Waals surface area contributed by atoms with Crippen molar-refractivity contribution in [2.75, 3.05) is 20.3 Å². The summed E-state index contributed by atoms with van der Waals surface area (Å²) < 4.78 is 39.6. The van der Waals surface area contributed by atoms with Crippen molar-refractivity contribution in [2.45, 2.75) is 45.2 Å². The number of methoxy groups -OCH3 is 1. The molecule has 202 valence electrons. The second-order valence-electron chi connectivity index (χ2n) is 10.8. The average Bonchev–Trinajstić information content (AvgIpc) is 3.51. The largest absolute Gasteiger partial charge is 0.496 e. The first kappa shape index (κ1) is 22.1. The molecule has 2 aromatic carbocycles. The highest BCUT2D eigenvalue weighted by Crippen LogP contribution is 2.45. The van der Waals surface area contributed by atoms with Gasteiger partial charge in [0.2, 0.25) is 0 Å². The lowest BCUT2D eigenvalue weighted by atomic mass is 9.86. The van der Waals surface area contributed by atoms with Gasteiger partial charge in [-0.3, -0.25) is 4.98 Å². The van der Waals surface area contributed by atoms with E-state index in [1.165, 1.54) is 4.68 Å². The summed E-state index contributed by atoms with van der Waals surface area (Å²) in [6, 6.07) is 16.2. The fourth-order valence-corrected chi connectivity index (χ4v) is 5.93. The molecule has 0 unspecified atom stereocenters. The number of aliphatic hydroxyl groups is 1. The predicted molar refractivity (Wildman–Crippen MR) is 152 cm³/mol.